The van der Waals surface area contributed by atoms with Crippen LogP contribution < -0.4 is 0 Å². The Labute approximate surface area is 93.7 Å². The van der Waals surface area contributed by atoms with Crippen molar-refractivity contribution in [1.29, 1.82) is 0 Å². The molecular formula is C10H14BrNO2. The van der Waals surface area contributed by atoms with Gasteiger partial charge in [0.25, 0.3) is 0 Å². The van der Waals surface area contributed by atoms with Gasteiger partial charge < -0.3 is 15.1 Å². The Balaban J connectivity index is 0.000000980. The van der Waals surface area contributed by atoms with E-state index in [1.807, 2.05) is 13.1 Å². The van der Waals surface area contributed by atoms with Gasteiger partial charge in [0.1, 0.15) is 0 Å². The van der Waals surface area contributed by atoms with Crippen LogP contribution in [0, 0.1) is 0 Å². The molecule has 2 N–H and O–H groups in total. The molecule has 0 aliphatic carbocycles. The average Bonchev–Trinajstić information content (AvgIpc) is 2.12. The van der Waals surface area contributed by atoms with Crippen molar-refractivity contribution in [2.75, 3.05) is 13.6 Å². The Hall–Kier alpha value is -0.740. The second kappa shape index (κ2) is 4.19. The number of halogens is 1. The summed E-state index contributed by atoms with van der Waals surface area (Å²) >= 11 is 0. The van der Waals surface area contributed by atoms with Crippen molar-refractivity contribution in [2.45, 2.75) is 13.0 Å². The molecular weight excluding hydrogens is 246 g/mol. The normalized spacial score (nSPS) is 15.8. The van der Waals surface area contributed by atoms with Crippen LogP contribution in [0.5, 0.6) is 11.5 Å². The van der Waals surface area contributed by atoms with Crippen molar-refractivity contribution in [3.63, 3.8) is 0 Å². The number of benzene rings is 1. The van der Waals surface area contributed by atoms with Gasteiger partial charge in [-0.3, -0.25) is 0 Å². The summed E-state index contributed by atoms with van der Waals surface area (Å²) in [5.74, 6) is 0.0499. The van der Waals surface area contributed by atoms with Gasteiger partial charge in [0, 0.05) is 18.7 Å². The number of nitrogens with zero attached hydrogens (tertiary/aromatic N) is 1. The first-order valence-electron chi connectivity index (χ1n) is 4.39. The zero-order valence-corrected chi connectivity index (χ0v) is 9.74. The number of hydrogen-bond acceptors (Lipinski definition) is 3. The van der Waals surface area contributed by atoms with Crippen molar-refractivity contribution in [3.8, 4) is 11.5 Å². The van der Waals surface area contributed by atoms with Gasteiger partial charge in [0.2, 0.25) is 0 Å². The van der Waals surface area contributed by atoms with E-state index in [2.05, 4.69) is 4.90 Å². The first-order chi connectivity index (χ1) is 6.18. The molecule has 1 aliphatic heterocycles. The second-order valence-electron chi connectivity index (χ2n) is 3.56. The largest absolute Gasteiger partial charge is 0.504 e. The Bertz CT molecular complexity index is 341. The van der Waals surface area contributed by atoms with Crippen molar-refractivity contribution in [3.05, 3.63) is 23.3 Å². The number of hydrogen-bond donors (Lipinski definition) is 2. The van der Waals surface area contributed by atoms with Crippen LogP contribution in [0.15, 0.2) is 12.1 Å². The van der Waals surface area contributed by atoms with Crippen molar-refractivity contribution >= 4 is 17.0 Å². The average molecular weight is 260 g/mol. The van der Waals surface area contributed by atoms with E-state index < -0.39 is 0 Å². The fourth-order valence-electron chi connectivity index (χ4n) is 1.77. The number of phenolic OH excluding ortho intramolecular Hbond substituents is 2. The molecule has 1 aromatic rings. The molecule has 3 nitrogen and oxygen atoms in total. The lowest BCUT2D eigenvalue weighted by Crippen LogP contribution is -2.26. The summed E-state index contributed by atoms with van der Waals surface area (Å²) in [6.07, 6.45) is 0.812. The summed E-state index contributed by atoms with van der Waals surface area (Å²) in [7, 11) is 2.05. The quantitative estimate of drug-likeness (QED) is 0.697. The molecule has 0 aromatic heterocycles. The summed E-state index contributed by atoms with van der Waals surface area (Å²) in [6, 6.07) is 3.42. The van der Waals surface area contributed by atoms with Crippen LogP contribution in [0.3, 0.4) is 0 Å². The number of phenols is 2. The molecule has 0 spiro atoms. The van der Waals surface area contributed by atoms with E-state index >= 15 is 0 Å². The highest BCUT2D eigenvalue weighted by molar-refractivity contribution is 8.93. The van der Waals surface area contributed by atoms with E-state index in [-0.39, 0.29) is 28.5 Å². The van der Waals surface area contributed by atoms with Gasteiger partial charge in [-0.1, -0.05) is 6.07 Å². The molecule has 0 atom stereocenters. The van der Waals surface area contributed by atoms with Crippen LogP contribution in [-0.2, 0) is 13.0 Å². The maximum Gasteiger partial charge on any atom is 0.161 e. The minimum atomic E-state index is -0.0108. The zero-order chi connectivity index (χ0) is 9.42. The predicted octanol–water partition coefficient (Wildman–Crippen LogP) is 1.66. The molecule has 1 aromatic carbocycles. The van der Waals surface area contributed by atoms with E-state index in [9.17, 15) is 10.2 Å². The Morgan fingerprint density at radius 3 is 2.71 bits per heavy atom. The number of fused-ring (bicyclic) bond motifs is 1. The lowest BCUT2D eigenvalue weighted by Gasteiger charge is -2.25. The van der Waals surface area contributed by atoms with Crippen molar-refractivity contribution < 1.29 is 10.2 Å². The van der Waals surface area contributed by atoms with Gasteiger partial charge >= 0.3 is 0 Å². The minimum absolute atomic E-state index is 0. The summed E-state index contributed by atoms with van der Waals surface area (Å²) in [6.45, 7) is 1.78. The fourth-order valence-corrected chi connectivity index (χ4v) is 1.77. The number of aromatic hydroxyl groups is 2. The van der Waals surface area contributed by atoms with E-state index in [1.165, 1.54) is 0 Å². The highest BCUT2D eigenvalue weighted by Crippen LogP contribution is 2.33. The second-order valence-corrected chi connectivity index (χ2v) is 3.56. The molecule has 1 heterocycles. The molecule has 14 heavy (non-hydrogen) atoms. The minimum Gasteiger partial charge on any atom is -0.504 e. The first-order valence-corrected chi connectivity index (χ1v) is 4.39. The molecule has 78 valence electrons. The highest BCUT2D eigenvalue weighted by atomic mass is 79.9. The van der Waals surface area contributed by atoms with Crippen LogP contribution in [0.4, 0.5) is 0 Å². The predicted molar refractivity (Wildman–Crippen MR) is 60.1 cm³/mol. The smallest absolute Gasteiger partial charge is 0.161 e. The molecule has 0 unspecified atom stereocenters. The van der Waals surface area contributed by atoms with Gasteiger partial charge in [-0.2, -0.15) is 0 Å². The van der Waals surface area contributed by atoms with Gasteiger partial charge in [0.05, 0.1) is 0 Å². The molecule has 4 heteroatoms. The topological polar surface area (TPSA) is 43.7 Å². The maximum absolute atomic E-state index is 9.56. The van der Waals surface area contributed by atoms with Crippen LogP contribution in [0.1, 0.15) is 11.1 Å². The van der Waals surface area contributed by atoms with Crippen LogP contribution in [0.2, 0.25) is 0 Å². The van der Waals surface area contributed by atoms with Gasteiger partial charge in [-0.25, -0.2) is 0 Å². The van der Waals surface area contributed by atoms with Crippen LogP contribution >= 0.6 is 17.0 Å². The van der Waals surface area contributed by atoms with Gasteiger partial charge in [0.15, 0.2) is 11.5 Å². The molecule has 2 rings (SSSR count). The van der Waals surface area contributed by atoms with Crippen molar-refractivity contribution in [2.24, 2.45) is 0 Å². The van der Waals surface area contributed by atoms with E-state index in [4.69, 9.17) is 0 Å². The summed E-state index contributed by atoms with van der Waals surface area (Å²) < 4.78 is 0. The standard InChI is InChI=1S/C10H13NO2.BrH/c1-11-5-4-8-7(6-11)2-3-9(12)10(8)13;/h2-3,12-13H,4-6H2,1H3;1H. The highest BCUT2D eigenvalue weighted by Gasteiger charge is 2.17. The zero-order valence-electron chi connectivity index (χ0n) is 8.03. The third-order valence-corrected chi connectivity index (χ3v) is 2.54. The number of likely N-dealkylation sites (N-methyl/N-ethyl adjacent to an activating group) is 1. The molecule has 1 aliphatic rings. The first kappa shape index (κ1) is 11.3. The number of rotatable bonds is 0. The lowest BCUT2D eigenvalue weighted by molar-refractivity contribution is 0.305. The Kier molecular flexibility index (Phi) is 3.39. The van der Waals surface area contributed by atoms with Crippen molar-refractivity contribution in [1.82, 2.24) is 4.90 Å². The third-order valence-electron chi connectivity index (χ3n) is 2.54. The van der Waals surface area contributed by atoms with Crippen LogP contribution in [-0.4, -0.2) is 28.7 Å². The van der Waals surface area contributed by atoms with E-state index in [0.29, 0.717) is 0 Å². The molecule has 0 bridgehead atoms. The molecule has 0 amide bonds. The Morgan fingerprint density at radius 2 is 2.00 bits per heavy atom. The Morgan fingerprint density at radius 1 is 1.29 bits per heavy atom. The van der Waals surface area contributed by atoms with Gasteiger partial charge in [-0.15, -0.1) is 17.0 Å². The fraction of sp³-hybridized carbons (Fsp3) is 0.400. The monoisotopic (exact) mass is 259 g/mol. The molecule has 0 radical (unpaired) electrons. The molecule has 0 saturated heterocycles. The summed E-state index contributed by atoms with van der Waals surface area (Å²) in [5.41, 5.74) is 2.02. The van der Waals surface area contributed by atoms with E-state index in [1.54, 1.807) is 6.07 Å². The van der Waals surface area contributed by atoms with E-state index in [0.717, 1.165) is 30.6 Å². The summed E-state index contributed by atoms with van der Waals surface area (Å²) in [4.78, 5) is 2.19. The molecule has 0 fully saturated rings. The van der Waals surface area contributed by atoms with Crippen LogP contribution in [0.25, 0.3) is 0 Å². The van der Waals surface area contributed by atoms with Gasteiger partial charge in [-0.05, 0) is 25.1 Å². The molecule has 0 saturated carbocycles. The SMILES string of the molecule is Br.CN1CCc2c(ccc(O)c2O)C1. The third kappa shape index (κ3) is 1.86. The maximum atomic E-state index is 9.56. The summed E-state index contributed by atoms with van der Waals surface area (Å²) in [5, 5.41) is 18.8. The lowest BCUT2D eigenvalue weighted by atomic mass is 9.99.